The summed E-state index contributed by atoms with van der Waals surface area (Å²) in [5.74, 6) is 2.91. The number of nitriles is 2. The minimum Gasteiger partial charge on any atom is -0.353 e. The lowest BCUT2D eigenvalue weighted by Crippen LogP contribution is -2.48. The Balaban J connectivity index is 0.000000196. The van der Waals surface area contributed by atoms with Gasteiger partial charge in [0.1, 0.15) is 12.1 Å². The maximum absolute atomic E-state index is 12.5. The van der Waals surface area contributed by atoms with Crippen molar-refractivity contribution in [2.24, 2.45) is 0 Å². The van der Waals surface area contributed by atoms with Crippen LogP contribution in [0, 0.1) is 22.7 Å². The van der Waals surface area contributed by atoms with E-state index in [-0.39, 0.29) is 11.6 Å². The first-order valence-corrected chi connectivity index (χ1v) is 19.0. The minimum absolute atomic E-state index is 0.135. The van der Waals surface area contributed by atoms with Gasteiger partial charge in [0, 0.05) is 63.5 Å². The molecule has 2 aliphatic heterocycles. The van der Waals surface area contributed by atoms with E-state index in [1.165, 1.54) is 11.1 Å². The number of carbonyl (C=O) groups is 2. The summed E-state index contributed by atoms with van der Waals surface area (Å²) in [7, 11) is 0. The van der Waals surface area contributed by atoms with E-state index >= 15 is 0 Å². The Kier molecular flexibility index (Phi) is 16.0. The van der Waals surface area contributed by atoms with E-state index in [1.807, 2.05) is 72.8 Å². The van der Waals surface area contributed by atoms with E-state index in [4.69, 9.17) is 10.5 Å². The lowest BCUT2D eigenvalue weighted by Gasteiger charge is -2.34. The molecule has 4 heterocycles. The van der Waals surface area contributed by atoms with Crippen molar-refractivity contribution >= 4 is 39.1 Å². The third-order valence-corrected chi connectivity index (χ3v) is 9.46. The highest BCUT2D eigenvalue weighted by molar-refractivity contribution is 9.09. The van der Waals surface area contributed by atoms with Crippen molar-refractivity contribution in [2.45, 2.75) is 39.5 Å². The summed E-state index contributed by atoms with van der Waals surface area (Å²) in [6, 6.07) is 26.7. The number of rotatable bonds is 9. The summed E-state index contributed by atoms with van der Waals surface area (Å²) in [6.07, 6.45) is 0. The Hall–Kier alpha value is -5.08. The molecule has 0 aliphatic carbocycles. The number of nitrogens with zero attached hydrogens (tertiary/aromatic N) is 9. The molecule has 2 saturated heterocycles. The summed E-state index contributed by atoms with van der Waals surface area (Å²) in [5.41, 5.74) is 4.76. The molecule has 2 fully saturated rings. The van der Waals surface area contributed by atoms with Gasteiger partial charge in [0.25, 0.3) is 0 Å². The van der Waals surface area contributed by atoms with Gasteiger partial charge in [-0.25, -0.2) is 0 Å². The molecule has 1 N–H and O–H groups in total. The number of anilines is 2. The van der Waals surface area contributed by atoms with Crippen molar-refractivity contribution in [1.82, 2.24) is 30.6 Å². The van der Waals surface area contributed by atoms with Gasteiger partial charge in [-0.15, -0.1) is 20.4 Å². The summed E-state index contributed by atoms with van der Waals surface area (Å²) in [6.45, 7) is 16.0. The van der Waals surface area contributed by atoms with Gasteiger partial charge in [0.2, 0.25) is 0 Å². The normalized spacial score (nSPS) is 14.3. The highest BCUT2D eigenvalue weighted by atomic mass is 79.9. The fourth-order valence-corrected chi connectivity index (χ4v) is 5.94. The number of benzene rings is 2. The molecule has 4 aromatic rings. The van der Waals surface area contributed by atoms with Crippen molar-refractivity contribution in [3.05, 3.63) is 106 Å². The molecule has 53 heavy (non-hydrogen) atoms. The predicted molar refractivity (Wildman–Crippen MR) is 211 cm³/mol. The van der Waals surface area contributed by atoms with Crippen LogP contribution in [0.25, 0.3) is 0 Å². The zero-order valence-electron chi connectivity index (χ0n) is 30.9. The molecular formula is C40H47BrN10O2. The standard InChI is InChI=1S/C20H23N5O.C11H13BrO.C9H11N5/c1-15(2)16-3-5-17(6-4-16)19(26)14-24-9-11-25(12-10-24)20-8-7-18(13-21)22-23-20;1-8(2)9-3-5-10(6-4-9)11(13)7-12;10-7-8-1-2-9(13-12-8)14-5-3-11-4-6-14/h3-8,15H,9-12,14H2,1-2H3;3-6,8H,7H2,1-2H3;1-2,11H,3-6H2. The molecule has 0 atom stereocenters. The predicted octanol–water partition coefficient (Wildman–Crippen LogP) is 5.62. The Morgan fingerprint density at radius 3 is 1.45 bits per heavy atom. The van der Waals surface area contributed by atoms with Gasteiger partial charge in [-0.05, 0) is 47.2 Å². The third kappa shape index (κ3) is 12.5. The number of hydrogen-bond acceptors (Lipinski definition) is 12. The molecule has 276 valence electrons. The molecule has 13 heteroatoms. The number of piperazine rings is 2. The Bertz CT molecular complexity index is 1820. The minimum atomic E-state index is 0.135. The van der Waals surface area contributed by atoms with Crippen LogP contribution in [0.2, 0.25) is 0 Å². The van der Waals surface area contributed by atoms with Gasteiger partial charge in [-0.1, -0.05) is 92.2 Å². The molecule has 6 rings (SSSR count). The number of ketones is 2. The van der Waals surface area contributed by atoms with Crippen LogP contribution < -0.4 is 15.1 Å². The van der Waals surface area contributed by atoms with Crippen LogP contribution in [0.5, 0.6) is 0 Å². The molecule has 0 bridgehead atoms. The molecule has 0 unspecified atom stereocenters. The van der Waals surface area contributed by atoms with Crippen LogP contribution in [-0.4, -0.2) is 101 Å². The molecule has 12 nitrogen and oxygen atoms in total. The SMILES string of the molecule is CC(C)c1ccc(C(=O)CBr)cc1.CC(C)c1ccc(C(=O)CN2CCN(c3ccc(C#N)nn3)CC2)cc1.N#Cc1ccc(N2CCNCC2)nn1. The Morgan fingerprint density at radius 2 is 1.08 bits per heavy atom. The van der Waals surface area contributed by atoms with Gasteiger partial charge in [0.15, 0.2) is 34.6 Å². The fourth-order valence-electron chi connectivity index (χ4n) is 5.62. The van der Waals surface area contributed by atoms with Crippen LogP contribution in [0.3, 0.4) is 0 Å². The fraction of sp³-hybridized carbons (Fsp3) is 0.400. The number of Topliss-reactive ketones (excluding diaryl/α,β-unsaturated/α-hetero) is 2. The number of alkyl halides is 1. The van der Waals surface area contributed by atoms with E-state index in [0.717, 1.165) is 75.1 Å². The van der Waals surface area contributed by atoms with Crippen molar-refractivity contribution in [2.75, 3.05) is 74.0 Å². The van der Waals surface area contributed by atoms with E-state index in [2.05, 4.69) is 84.0 Å². The monoisotopic (exact) mass is 778 g/mol. The van der Waals surface area contributed by atoms with Gasteiger partial charge in [-0.3, -0.25) is 14.5 Å². The largest absolute Gasteiger partial charge is 0.353 e. The van der Waals surface area contributed by atoms with Crippen LogP contribution in [0.15, 0.2) is 72.8 Å². The summed E-state index contributed by atoms with van der Waals surface area (Å²) < 4.78 is 0. The van der Waals surface area contributed by atoms with Crippen molar-refractivity contribution in [3.63, 3.8) is 0 Å². The molecule has 2 aliphatic rings. The molecule has 2 aromatic carbocycles. The number of carbonyl (C=O) groups excluding carboxylic acids is 2. The van der Waals surface area contributed by atoms with Crippen LogP contribution in [-0.2, 0) is 0 Å². The second kappa shape index (κ2) is 20.8. The average Bonchev–Trinajstić information content (AvgIpc) is 3.21. The lowest BCUT2D eigenvalue weighted by molar-refractivity contribution is 0.0925. The molecule has 0 amide bonds. The first-order valence-electron chi connectivity index (χ1n) is 17.8. The Labute approximate surface area is 321 Å². The summed E-state index contributed by atoms with van der Waals surface area (Å²) >= 11 is 3.15. The zero-order valence-corrected chi connectivity index (χ0v) is 32.5. The molecular weight excluding hydrogens is 732 g/mol. The van der Waals surface area contributed by atoms with Gasteiger partial charge in [0.05, 0.1) is 11.9 Å². The quantitative estimate of drug-likeness (QED) is 0.166. The zero-order chi connectivity index (χ0) is 38.2. The number of hydrogen-bond donors (Lipinski definition) is 1. The maximum Gasteiger partial charge on any atom is 0.176 e. The first-order chi connectivity index (χ1) is 25.6. The molecule has 0 spiro atoms. The van der Waals surface area contributed by atoms with Gasteiger partial charge < -0.3 is 15.1 Å². The van der Waals surface area contributed by atoms with Crippen LogP contribution in [0.1, 0.15) is 82.8 Å². The van der Waals surface area contributed by atoms with E-state index in [0.29, 0.717) is 35.1 Å². The third-order valence-electron chi connectivity index (χ3n) is 8.95. The first kappa shape index (κ1) is 40.7. The smallest absolute Gasteiger partial charge is 0.176 e. The highest BCUT2D eigenvalue weighted by Gasteiger charge is 2.21. The van der Waals surface area contributed by atoms with E-state index < -0.39 is 0 Å². The number of aromatic nitrogens is 4. The van der Waals surface area contributed by atoms with Crippen LogP contribution >= 0.6 is 15.9 Å². The van der Waals surface area contributed by atoms with Crippen molar-refractivity contribution in [3.8, 4) is 12.1 Å². The summed E-state index contributed by atoms with van der Waals surface area (Å²) in [5, 5.41) is 36.8. The topological polar surface area (TPSA) is 155 Å². The average molecular weight is 780 g/mol. The molecule has 0 radical (unpaired) electrons. The molecule has 2 aromatic heterocycles. The van der Waals surface area contributed by atoms with Crippen LogP contribution in [0.4, 0.5) is 11.6 Å². The molecule has 0 saturated carbocycles. The second-order valence-electron chi connectivity index (χ2n) is 13.3. The number of halogens is 1. The van der Waals surface area contributed by atoms with Gasteiger partial charge >= 0.3 is 0 Å². The second-order valence-corrected chi connectivity index (χ2v) is 13.9. The van der Waals surface area contributed by atoms with E-state index in [9.17, 15) is 9.59 Å². The number of nitrogens with one attached hydrogen (secondary N) is 1. The van der Waals surface area contributed by atoms with Crippen molar-refractivity contribution < 1.29 is 9.59 Å². The maximum atomic E-state index is 12.5. The summed E-state index contributed by atoms with van der Waals surface area (Å²) in [4.78, 5) is 30.2. The van der Waals surface area contributed by atoms with Gasteiger partial charge in [-0.2, -0.15) is 10.5 Å². The Morgan fingerprint density at radius 1 is 0.642 bits per heavy atom. The van der Waals surface area contributed by atoms with E-state index in [1.54, 1.807) is 12.1 Å². The highest BCUT2D eigenvalue weighted by Crippen LogP contribution is 2.17. The van der Waals surface area contributed by atoms with Crippen molar-refractivity contribution in [1.29, 1.82) is 10.5 Å². The lowest BCUT2D eigenvalue weighted by atomic mass is 10.0.